The van der Waals surface area contributed by atoms with Gasteiger partial charge in [0, 0.05) is 14.1 Å². The maximum atomic E-state index is 12.2. The summed E-state index contributed by atoms with van der Waals surface area (Å²) >= 11 is 0. The molecule has 3 rings (SSSR count). The summed E-state index contributed by atoms with van der Waals surface area (Å²) in [6.45, 7) is 0.652. The van der Waals surface area contributed by atoms with E-state index in [4.69, 9.17) is 14.2 Å². The number of hydrogen-bond donors (Lipinski definition) is 1. The molecule has 0 aromatic heterocycles. The minimum Gasteiger partial charge on any atom is -0.492 e. The summed E-state index contributed by atoms with van der Waals surface area (Å²) in [4.78, 5) is 12.4. The molecule has 1 N–H and O–H groups in total. The Kier molecular flexibility index (Phi) is 6.05. The van der Waals surface area contributed by atoms with Crippen molar-refractivity contribution < 1.29 is 27.4 Å². The molecule has 0 radical (unpaired) electrons. The minimum atomic E-state index is -3.47. The van der Waals surface area contributed by atoms with E-state index >= 15 is 0 Å². The van der Waals surface area contributed by atoms with E-state index in [1.807, 2.05) is 12.1 Å². The largest absolute Gasteiger partial charge is 0.492 e. The standard InChI is InChI=1S/C19H22N2O6S/c1-21(2)28(23,24)15-9-7-14(8-10-15)25-12-11-20-19(22)18-13-26-16-5-3-4-6-17(16)27-18/h3-10,18H,11-13H2,1-2H3,(H,20,22)/t18-/m1/s1. The maximum Gasteiger partial charge on any atom is 0.264 e. The van der Waals surface area contributed by atoms with Crippen molar-refractivity contribution >= 4 is 15.9 Å². The summed E-state index contributed by atoms with van der Waals surface area (Å²) in [6.07, 6.45) is -0.717. The van der Waals surface area contributed by atoms with Crippen LogP contribution in [0.3, 0.4) is 0 Å². The maximum absolute atomic E-state index is 12.2. The van der Waals surface area contributed by atoms with Gasteiger partial charge < -0.3 is 19.5 Å². The molecular formula is C19H22N2O6S. The Morgan fingerprint density at radius 2 is 1.82 bits per heavy atom. The number of amides is 1. The van der Waals surface area contributed by atoms with Gasteiger partial charge in [-0.05, 0) is 36.4 Å². The van der Waals surface area contributed by atoms with Crippen molar-refractivity contribution in [2.75, 3.05) is 33.9 Å². The molecule has 8 nitrogen and oxygen atoms in total. The number of ether oxygens (including phenoxy) is 3. The van der Waals surface area contributed by atoms with Crippen LogP contribution >= 0.6 is 0 Å². The third kappa shape index (κ3) is 4.55. The highest BCUT2D eigenvalue weighted by Crippen LogP contribution is 2.30. The van der Waals surface area contributed by atoms with E-state index in [-0.39, 0.29) is 30.6 Å². The second-order valence-corrected chi connectivity index (χ2v) is 8.41. The highest BCUT2D eigenvalue weighted by molar-refractivity contribution is 7.89. The molecule has 150 valence electrons. The van der Waals surface area contributed by atoms with Gasteiger partial charge in [-0.25, -0.2) is 12.7 Å². The van der Waals surface area contributed by atoms with Gasteiger partial charge in [-0.15, -0.1) is 0 Å². The van der Waals surface area contributed by atoms with Crippen LogP contribution in [0.15, 0.2) is 53.4 Å². The lowest BCUT2D eigenvalue weighted by Gasteiger charge is -2.25. The van der Waals surface area contributed by atoms with Gasteiger partial charge in [0.1, 0.15) is 19.0 Å². The number of carbonyl (C=O) groups is 1. The Labute approximate surface area is 164 Å². The van der Waals surface area contributed by atoms with Crippen LogP contribution in [0.5, 0.6) is 17.2 Å². The van der Waals surface area contributed by atoms with E-state index in [2.05, 4.69) is 5.32 Å². The normalized spacial score (nSPS) is 15.9. The molecular weight excluding hydrogens is 384 g/mol. The van der Waals surface area contributed by atoms with Gasteiger partial charge in [-0.1, -0.05) is 12.1 Å². The predicted octanol–water partition coefficient (Wildman–Crippen LogP) is 1.27. The van der Waals surface area contributed by atoms with Crippen LogP contribution in [0.4, 0.5) is 0 Å². The lowest BCUT2D eigenvalue weighted by molar-refractivity contribution is -0.130. The predicted molar refractivity (Wildman–Crippen MR) is 102 cm³/mol. The van der Waals surface area contributed by atoms with Gasteiger partial charge in [-0.3, -0.25) is 4.79 Å². The second-order valence-electron chi connectivity index (χ2n) is 6.26. The summed E-state index contributed by atoms with van der Waals surface area (Å²) < 4.78 is 41.9. The monoisotopic (exact) mass is 406 g/mol. The van der Waals surface area contributed by atoms with Gasteiger partial charge in [0.25, 0.3) is 5.91 Å². The second kappa shape index (κ2) is 8.49. The van der Waals surface area contributed by atoms with Crippen LogP contribution in [0.1, 0.15) is 0 Å². The lowest BCUT2D eigenvalue weighted by Crippen LogP contribution is -2.45. The first-order valence-electron chi connectivity index (χ1n) is 8.69. The number of hydrogen-bond acceptors (Lipinski definition) is 6. The average Bonchev–Trinajstić information content (AvgIpc) is 2.71. The molecule has 1 aliphatic heterocycles. The summed E-state index contributed by atoms with van der Waals surface area (Å²) in [5, 5.41) is 2.73. The fourth-order valence-corrected chi connectivity index (χ4v) is 3.43. The molecule has 1 heterocycles. The number of fused-ring (bicyclic) bond motifs is 1. The first kappa shape index (κ1) is 20.0. The molecule has 2 aromatic rings. The zero-order valence-corrected chi connectivity index (χ0v) is 16.4. The van der Waals surface area contributed by atoms with Gasteiger partial charge in [0.15, 0.2) is 11.5 Å². The molecule has 0 aliphatic carbocycles. The number of nitrogens with one attached hydrogen (secondary N) is 1. The molecule has 0 bridgehead atoms. The molecule has 1 aliphatic rings. The zero-order chi connectivity index (χ0) is 20.1. The van der Waals surface area contributed by atoms with E-state index in [1.54, 1.807) is 24.3 Å². The fraction of sp³-hybridized carbons (Fsp3) is 0.316. The molecule has 0 saturated heterocycles. The average molecular weight is 406 g/mol. The van der Waals surface area contributed by atoms with Crippen LogP contribution in [0.25, 0.3) is 0 Å². The van der Waals surface area contributed by atoms with Crippen molar-refractivity contribution in [3.05, 3.63) is 48.5 Å². The Bertz CT molecular complexity index is 928. The topological polar surface area (TPSA) is 94.2 Å². The van der Waals surface area contributed by atoms with Crippen LogP contribution in [-0.2, 0) is 14.8 Å². The lowest BCUT2D eigenvalue weighted by atomic mass is 10.2. The summed E-state index contributed by atoms with van der Waals surface area (Å²) in [6, 6.07) is 13.3. The van der Waals surface area contributed by atoms with Crippen LogP contribution < -0.4 is 19.5 Å². The first-order valence-corrected chi connectivity index (χ1v) is 10.1. The van der Waals surface area contributed by atoms with Gasteiger partial charge in [0.05, 0.1) is 11.4 Å². The molecule has 28 heavy (non-hydrogen) atoms. The van der Waals surface area contributed by atoms with E-state index < -0.39 is 16.1 Å². The molecule has 1 amide bonds. The van der Waals surface area contributed by atoms with Crippen LogP contribution in [0.2, 0.25) is 0 Å². The summed E-state index contributed by atoms with van der Waals surface area (Å²) in [5.74, 6) is 1.39. The molecule has 0 spiro atoms. The summed E-state index contributed by atoms with van der Waals surface area (Å²) in [5.41, 5.74) is 0. The third-order valence-electron chi connectivity index (χ3n) is 4.07. The van der Waals surface area contributed by atoms with E-state index in [0.29, 0.717) is 17.2 Å². The van der Waals surface area contributed by atoms with Crippen LogP contribution in [0, 0.1) is 0 Å². The van der Waals surface area contributed by atoms with E-state index in [0.717, 1.165) is 4.31 Å². The number of nitrogens with zero attached hydrogens (tertiary/aromatic N) is 1. The number of carbonyl (C=O) groups excluding carboxylic acids is 1. The summed E-state index contributed by atoms with van der Waals surface area (Å²) in [7, 11) is -0.520. The zero-order valence-electron chi connectivity index (χ0n) is 15.6. The van der Waals surface area contributed by atoms with Crippen molar-refractivity contribution in [3.8, 4) is 17.2 Å². The smallest absolute Gasteiger partial charge is 0.264 e. The van der Waals surface area contributed by atoms with Gasteiger partial charge in [0.2, 0.25) is 16.1 Å². The van der Waals surface area contributed by atoms with Crippen molar-refractivity contribution in [2.45, 2.75) is 11.0 Å². The number of sulfonamides is 1. The van der Waals surface area contributed by atoms with Crippen molar-refractivity contribution in [2.24, 2.45) is 0 Å². The van der Waals surface area contributed by atoms with Gasteiger partial charge >= 0.3 is 0 Å². The van der Waals surface area contributed by atoms with Crippen molar-refractivity contribution in [1.29, 1.82) is 0 Å². The van der Waals surface area contributed by atoms with Crippen molar-refractivity contribution in [3.63, 3.8) is 0 Å². The quantitative estimate of drug-likeness (QED) is 0.696. The van der Waals surface area contributed by atoms with E-state index in [1.165, 1.54) is 26.2 Å². The minimum absolute atomic E-state index is 0.144. The SMILES string of the molecule is CN(C)S(=O)(=O)c1ccc(OCCNC(=O)[C@H]2COc3ccccc3O2)cc1. The van der Waals surface area contributed by atoms with Gasteiger partial charge in [-0.2, -0.15) is 0 Å². The number of benzene rings is 2. The molecule has 0 fully saturated rings. The van der Waals surface area contributed by atoms with Crippen LogP contribution in [-0.4, -0.2) is 58.6 Å². The molecule has 0 saturated carbocycles. The third-order valence-corrected chi connectivity index (χ3v) is 5.90. The molecule has 9 heteroatoms. The molecule has 0 unspecified atom stereocenters. The number of rotatable bonds is 7. The van der Waals surface area contributed by atoms with E-state index in [9.17, 15) is 13.2 Å². The Balaban J connectivity index is 1.44. The molecule has 2 aromatic carbocycles. The Hall–Kier alpha value is -2.78. The molecule has 1 atom stereocenters. The fourth-order valence-electron chi connectivity index (χ4n) is 2.52. The Morgan fingerprint density at radius 1 is 1.14 bits per heavy atom. The highest BCUT2D eigenvalue weighted by atomic mass is 32.2. The van der Waals surface area contributed by atoms with Crippen molar-refractivity contribution in [1.82, 2.24) is 9.62 Å². The Morgan fingerprint density at radius 3 is 2.50 bits per heavy atom. The number of para-hydroxylation sites is 2. The highest BCUT2D eigenvalue weighted by Gasteiger charge is 2.26. The first-order chi connectivity index (χ1) is 13.4.